The lowest BCUT2D eigenvalue weighted by atomic mass is 9.94. The summed E-state index contributed by atoms with van der Waals surface area (Å²) in [6.07, 6.45) is 8.65. The summed E-state index contributed by atoms with van der Waals surface area (Å²) in [5.74, 6) is -0.0142. The summed E-state index contributed by atoms with van der Waals surface area (Å²) in [6.45, 7) is 5.71. The molecule has 1 aliphatic heterocycles. The third-order valence-corrected chi connectivity index (χ3v) is 7.49. The fourth-order valence-corrected chi connectivity index (χ4v) is 5.38. The Morgan fingerprint density at radius 1 is 1.03 bits per heavy atom. The number of anilines is 1. The van der Waals surface area contributed by atoms with Crippen LogP contribution in [0.15, 0.2) is 24.3 Å². The van der Waals surface area contributed by atoms with Gasteiger partial charge in [-0.25, -0.2) is 0 Å². The fourth-order valence-electron chi connectivity index (χ4n) is 4.60. The summed E-state index contributed by atoms with van der Waals surface area (Å²) in [5.41, 5.74) is 1.88. The van der Waals surface area contributed by atoms with E-state index in [1.165, 1.54) is 43.4 Å². The largest absolute Gasteiger partial charge is 0.340 e. The molecule has 2 heterocycles. The highest BCUT2D eigenvalue weighted by Gasteiger charge is 2.26. The van der Waals surface area contributed by atoms with Crippen LogP contribution < -0.4 is 5.32 Å². The topological polar surface area (TPSA) is 78.4 Å². The van der Waals surface area contributed by atoms with E-state index < -0.39 is 0 Å². The van der Waals surface area contributed by atoms with Crippen molar-refractivity contribution in [1.82, 2.24) is 20.0 Å². The Labute approximate surface area is 194 Å². The van der Waals surface area contributed by atoms with Gasteiger partial charge in [-0.05, 0) is 38.3 Å². The Kier molecular flexibility index (Phi) is 7.86. The van der Waals surface area contributed by atoms with Gasteiger partial charge in [0.05, 0.1) is 0 Å². The molecular formula is C24H33N5O2S. The molecule has 1 saturated carbocycles. The van der Waals surface area contributed by atoms with Crippen LogP contribution in [0.1, 0.15) is 65.3 Å². The van der Waals surface area contributed by atoms with Crippen molar-refractivity contribution in [2.75, 3.05) is 31.5 Å². The third kappa shape index (κ3) is 6.13. The first-order valence-corrected chi connectivity index (χ1v) is 12.6. The predicted molar refractivity (Wildman–Crippen MR) is 127 cm³/mol. The number of hydrogen-bond donors (Lipinski definition) is 1. The number of rotatable bonds is 7. The maximum absolute atomic E-state index is 12.6. The molecule has 1 N–H and O–H groups in total. The van der Waals surface area contributed by atoms with Gasteiger partial charge in [-0.2, -0.15) is 0 Å². The van der Waals surface area contributed by atoms with Gasteiger partial charge in [-0.15, -0.1) is 10.2 Å². The Balaban J connectivity index is 1.17. The number of hydrogen-bond acceptors (Lipinski definition) is 6. The number of aromatic nitrogens is 2. The molecule has 1 aliphatic carbocycles. The third-order valence-electron chi connectivity index (χ3n) is 6.51. The number of piperazine rings is 1. The lowest BCUT2D eigenvalue weighted by Crippen LogP contribution is -2.52. The van der Waals surface area contributed by atoms with Crippen LogP contribution in [0.4, 0.5) is 5.69 Å². The quantitative estimate of drug-likeness (QED) is 0.685. The van der Waals surface area contributed by atoms with Gasteiger partial charge in [0.2, 0.25) is 10.9 Å². The minimum Gasteiger partial charge on any atom is -0.340 e. The Hall–Kier alpha value is -2.32. The molecule has 2 fully saturated rings. The molecule has 2 aromatic rings. The molecule has 1 aromatic carbocycles. The first kappa shape index (κ1) is 22.9. The number of nitrogens with one attached hydrogen (secondary N) is 1. The van der Waals surface area contributed by atoms with Crippen LogP contribution in [-0.4, -0.2) is 64.0 Å². The second-order valence-electron chi connectivity index (χ2n) is 8.88. The van der Waals surface area contributed by atoms with Crippen molar-refractivity contribution in [2.24, 2.45) is 0 Å². The number of aryl methyl sites for hydroxylation is 2. The van der Waals surface area contributed by atoms with Crippen LogP contribution in [0.5, 0.6) is 0 Å². The molecular weight excluding hydrogens is 422 g/mol. The van der Waals surface area contributed by atoms with Crippen molar-refractivity contribution >= 4 is 28.8 Å². The van der Waals surface area contributed by atoms with Crippen molar-refractivity contribution in [1.29, 1.82) is 0 Å². The van der Waals surface area contributed by atoms with Crippen LogP contribution in [-0.2, 0) is 11.2 Å². The molecule has 0 bridgehead atoms. The lowest BCUT2D eigenvalue weighted by molar-refractivity contribution is -0.133. The molecule has 1 aromatic heterocycles. The van der Waals surface area contributed by atoms with E-state index in [0.29, 0.717) is 17.8 Å². The van der Waals surface area contributed by atoms with Gasteiger partial charge >= 0.3 is 0 Å². The molecule has 0 atom stereocenters. The van der Waals surface area contributed by atoms with Crippen LogP contribution in [0, 0.1) is 6.92 Å². The molecule has 2 amide bonds. The molecule has 0 unspecified atom stereocenters. The zero-order valence-corrected chi connectivity index (χ0v) is 19.7. The highest BCUT2D eigenvalue weighted by Crippen LogP contribution is 2.24. The van der Waals surface area contributed by atoms with Crippen molar-refractivity contribution < 1.29 is 9.59 Å². The Bertz CT molecular complexity index is 899. The van der Waals surface area contributed by atoms with Gasteiger partial charge < -0.3 is 10.2 Å². The zero-order valence-electron chi connectivity index (χ0n) is 18.9. The molecule has 0 spiro atoms. The molecule has 1 saturated heterocycles. The number of carbonyl (C=O) groups excluding carboxylic acids is 2. The Morgan fingerprint density at radius 2 is 1.75 bits per heavy atom. The van der Waals surface area contributed by atoms with E-state index in [1.807, 2.05) is 36.1 Å². The van der Waals surface area contributed by atoms with Gasteiger partial charge in [-0.1, -0.05) is 48.3 Å². The summed E-state index contributed by atoms with van der Waals surface area (Å²) in [5, 5.41) is 12.2. The summed E-state index contributed by atoms with van der Waals surface area (Å²) in [6, 6.07) is 8.38. The molecule has 32 heavy (non-hydrogen) atoms. The van der Waals surface area contributed by atoms with Gasteiger partial charge in [0.1, 0.15) is 5.01 Å². The van der Waals surface area contributed by atoms with Crippen molar-refractivity contribution in [2.45, 2.75) is 64.3 Å². The second-order valence-corrected chi connectivity index (χ2v) is 9.95. The molecule has 2 aliphatic rings. The van der Waals surface area contributed by atoms with Crippen molar-refractivity contribution in [3.63, 3.8) is 0 Å². The smallest absolute Gasteiger partial charge is 0.286 e. The number of benzene rings is 1. The number of carbonyl (C=O) groups is 2. The fraction of sp³-hybridized carbons (Fsp3) is 0.583. The maximum Gasteiger partial charge on any atom is 0.286 e. The van der Waals surface area contributed by atoms with Gasteiger partial charge in [0, 0.05) is 50.7 Å². The van der Waals surface area contributed by atoms with E-state index in [2.05, 4.69) is 20.4 Å². The molecule has 0 radical (unpaired) electrons. The highest BCUT2D eigenvalue weighted by atomic mass is 32.1. The zero-order chi connectivity index (χ0) is 22.3. The number of nitrogens with zero attached hydrogens (tertiary/aromatic N) is 4. The van der Waals surface area contributed by atoms with E-state index in [1.54, 1.807) is 0 Å². The van der Waals surface area contributed by atoms with Gasteiger partial charge in [-0.3, -0.25) is 14.5 Å². The summed E-state index contributed by atoms with van der Waals surface area (Å²) in [7, 11) is 0. The number of amides is 2. The van der Waals surface area contributed by atoms with Crippen LogP contribution in [0.2, 0.25) is 0 Å². The van der Waals surface area contributed by atoms with Gasteiger partial charge in [0.25, 0.3) is 5.91 Å². The minimum absolute atomic E-state index is 0.232. The van der Waals surface area contributed by atoms with Gasteiger partial charge in [0.15, 0.2) is 0 Å². The molecule has 172 valence electrons. The van der Waals surface area contributed by atoms with E-state index in [0.717, 1.165) is 54.9 Å². The normalized spacial score (nSPS) is 18.0. The Morgan fingerprint density at radius 3 is 2.47 bits per heavy atom. The first-order chi connectivity index (χ1) is 15.6. The molecule has 8 heteroatoms. The van der Waals surface area contributed by atoms with E-state index >= 15 is 0 Å². The maximum atomic E-state index is 12.6. The SMILES string of the molecule is Cc1ccc(NC(=O)c2nnc(CCCC(=O)N3CCN(C4CCCCC4)CC3)s2)cc1. The summed E-state index contributed by atoms with van der Waals surface area (Å²) >= 11 is 1.30. The van der Waals surface area contributed by atoms with E-state index in [-0.39, 0.29) is 11.8 Å². The average Bonchev–Trinajstić information content (AvgIpc) is 3.30. The second kappa shape index (κ2) is 11.0. The summed E-state index contributed by atoms with van der Waals surface area (Å²) in [4.78, 5) is 29.6. The molecule has 4 rings (SSSR count). The lowest BCUT2D eigenvalue weighted by Gasteiger charge is -2.40. The minimum atomic E-state index is -0.246. The summed E-state index contributed by atoms with van der Waals surface area (Å²) < 4.78 is 0. The van der Waals surface area contributed by atoms with E-state index in [4.69, 9.17) is 0 Å². The standard InChI is InChI=1S/C24H33N5O2S/c1-18-10-12-19(13-11-18)25-23(31)24-27-26-21(32-24)8-5-9-22(30)29-16-14-28(15-17-29)20-6-3-2-4-7-20/h10-13,20H,2-9,14-17H2,1H3,(H,25,31). The monoisotopic (exact) mass is 455 g/mol. The predicted octanol–water partition coefficient (Wildman–Crippen LogP) is 3.90. The van der Waals surface area contributed by atoms with Crippen LogP contribution in [0.25, 0.3) is 0 Å². The van der Waals surface area contributed by atoms with Crippen molar-refractivity contribution in [3.05, 3.63) is 39.8 Å². The average molecular weight is 456 g/mol. The van der Waals surface area contributed by atoms with E-state index in [9.17, 15) is 9.59 Å². The molecule has 7 nitrogen and oxygen atoms in total. The van der Waals surface area contributed by atoms with Crippen LogP contribution in [0.3, 0.4) is 0 Å². The van der Waals surface area contributed by atoms with Crippen molar-refractivity contribution in [3.8, 4) is 0 Å². The highest BCUT2D eigenvalue weighted by molar-refractivity contribution is 7.13. The first-order valence-electron chi connectivity index (χ1n) is 11.8. The van der Waals surface area contributed by atoms with Crippen LogP contribution >= 0.6 is 11.3 Å².